The van der Waals surface area contributed by atoms with E-state index in [1.807, 2.05) is 25.1 Å². The van der Waals surface area contributed by atoms with Crippen LogP contribution >= 0.6 is 0 Å². The molecule has 0 aliphatic carbocycles. The number of hydrogen-bond acceptors (Lipinski definition) is 3. The summed E-state index contributed by atoms with van der Waals surface area (Å²) >= 11 is 0. The van der Waals surface area contributed by atoms with E-state index in [2.05, 4.69) is 35.1 Å². The van der Waals surface area contributed by atoms with Crippen molar-refractivity contribution in [2.45, 2.75) is 45.2 Å². The molecule has 0 amide bonds. The molecular weight excluding hydrogens is 315 g/mol. The van der Waals surface area contributed by atoms with Crippen LogP contribution in [-0.2, 0) is 5.41 Å². The fourth-order valence-corrected chi connectivity index (χ4v) is 3.14. The van der Waals surface area contributed by atoms with Crippen LogP contribution in [0.3, 0.4) is 0 Å². The maximum absolute atomic E-state index is 14.5. The Hall–Kier alpha value is -2.27. The zero-order valence-corrected chi connectivity index (χ0v) is 15.0. The van der Waals surface area contributed by atoms with Gasteiger partial charge in [-0.1, -0.05) is 32.9 Å². The predicted octanol–water partition coefficient (Wildman–Crippen LogP) is 4.67. The molecule has 4 nitrogen and oxygen atoms in total. The lowest BCUT2D eigenvalue weighted by Gasteiger charge is -2.28. The largest absolute Gasteiger partial charge is 0.330 e. The molecule has 0 aliphatic rings. The molecule has 3 N–H and O–H groups in total. The number of nitrogens with two attached hydrogens (primary N) is 1. The summed E-state index contributed by atoms with van der Waals surface area (Å²) in [5, 5.41) is 7.91. The molecule has 2 heterocycles. The van der Waals surface area contributed by atoms with E-state index in [1.165, 1.54) is 0 Å². The van der Waals surface area contributed by atoms with Gasteiger partial charge in [0.2, 0.25) is 0 Å². The lowest BCUT2D eigenvalue weighted by Crippen LogP contribution is -2.31. The molecule has 0 fully saturated rings. The van der Waals surface area contributed by atoms with Crippen molar-refractivity contribution in [3.05, 3.63) is 47.8 Å². The van der Waals surface area contributed by atoms with Crippen LogP contribution in [0.15, 0.2) is 36.7 Å². The Morgan fingerprint density at radius 3 is 2.76 bits per heavy atom. The van der Waals surface area contributed by atoms with Crippen molar-refractivity contribution in [1.29, 1.82) is 0 Å². The number of rotatable bonds is 6. The van der Waals surface area contributed by atoms with Crippen molar-refractivity contribution in [1.82, 2.24) is 15.2 Å². The maximum Gasteiger partial charge on any atom is 0.155 e. The Balaban J connectivity index is 2.24. The van der Waals surface area contributed by atoms with E-state index in [0.717, 1.165) is 34.1 Å². The molecule has 0 aliphatic heterocycles. The summed E-state index contributed by atoms with van der Waals surface area (Å²) < 4.78 is 14.5. The minimum Gasteiger partial charge on any atom is -0.330 e. The van der Waals surface area contributed by atoms with Crippen molar-refractivity contribution in [3.8, 4) is 11.1 Å². The van der Waals surface area contributed by atoms with Gasteiger partial charge in [-0.2, -0.15) is 5.10 Å². The van der Waals surface area contributed by atoms with Gasteiger partial charge in [0.1, 0.15) is 6.17 Å². The number of hydrogen-bond donors (Lipinski definition) is 2. The lowest BCUT2D eigenvalue weighted by molar-refractivity contribution is 0.333. The van der Waals surface area contributed by atoms with Crippen LogP contribution in [0.2, 0.25) is 0 Å². The number of fused-ring (bicyclic) bond motifs is 1. The van der Waals surface area contributed by atoms with Crippen molar-refractivity contribution in [2.24, 2.45) is 5.73 Å². The zero-order valence-electron chi connectivity index (χ0n) is 15.0. The standard InChI is InChI=1S/C20H25FN4/c1-4-18(21)14-8-13(9-15(10-14)20(3,5-2)12-22)16-6-7-23-19-17(16)11-24-25-19/h6-11,18H,4-5,12,22H2,1-3H3,(H,23,24,25). The first kappa shape index (κ1) is 17.5. The molecule has 0 bridgehead atoms. The van der Waals surface area contributed by atoms with Crippen molar-refractivity contribution in [2.75, 3.05) is 6.54 Å². The smallest absolute Gasteiger partial charge is 0.155 e. The Morgan fingerprint density at radius 2 is 2.08 bits per heavy atom. The van der Waals surface area contributed by atoms with Crippen LogP contribution < -0.4 is 5.73 Å². The van der Waals surface area contributed by atoms with E-state index in [-0.39, 0.29) is 5.41 Å². The molecule has 5 heteroatoms. The highest BCUT2D eigenvalue weighted by Gasteiger charge is 2.25. The van der Waals surface area contributed by atoms with Gasteiger partial charge in [-0.25, -0.2) is 9.37 Å². The molecule has 2 aromatic heterocycles. The van der Waals surface area contributed by atoms with Gasteiger partial charge >= 0.3 is 0 Å². The van der Waals surface area contributed by atoms with Gasteiger partial charge in [0.25, 0.3) is 0 Å². The van der Waals surface area contributed by atoms with Gasteiger partial charge in [-0.3, -0.25) is 5.10 Å². The molecule has 0 saturated heterocycles. The second-order valence-corrected chi connectivity index (χ2v) is 6.83. The molecule has 3 rings (SSSR count). The van der Waals surface area contributed by atoms with Gasteiger partial charge in [0.15, 0.2) is 5.65 Å². The number of nitrogens with zero attached hydrogens (tertiary/aromatic N) is 2. The highest BCUT2D eigenvalue weighted by Crippen LogP contribution is 2.36. The summed E-state index contributed by atoms with van der Waals surface area (Å²) in [5.74, 6) is 0. The molecule has 2 atom stereocenters. The van der Waals surface area contributed by atoms with E-state index >= 15 is 0 Å². The molecule has 1 aromatic carbocycles. The number of alkyl halides is 1. The van der Waals surface area contributed by atoms with Crippen LogP contribution in [0, 0.1) is 0 Å². The fraction of sp³-hybridized carbons (Fsp3) is 0.400. The van der Waals surface area contributed by atoms with Crippen LogP contribution in [0.25, 0.3) is 22.2 Å². The quantitative estimate of drug-likeness (QED) is 0.685. The number of halogens is 1. The highest BCUT2D eigenvalue weighted by atomic mass is 19.1. The summed E-state index contributed by atoms with van der Waals surface area (Å²) in [6.45, 7) is 6.63. The van der Waals surface area contributed by atoms with Crippen LogP contribution in [0.5, 0.6) is 0 Å². The van der Waals surface area contributed by atoms with E-state index in [4.69, 9.17) is 5.73 Å². The molecule has 132 valence electrons. The SMILES string of the molecule is CCC(F)c1cc(-c2ccnc3[nH]ncc23)cc(C(C)(CC)CN)c1. The molecule has 0 radical (unpaired) electrons. The zero-order chi connectivity index (χ0) is 18.0. The normalized spacial score (nSPS) is 15.2. The van der Waals surface area contributed by atoms with Gasteiger partial charge in [-0.15, -0.1) is 0 Å². The lowest BCUT2D eigenvalue weighted by atomic mass is 9.78. The topological polar surface area (TPSA) is 67.6 Å². The predicted molar refractivity (Wildman–Crippen MR) is 100 cm³/mol. The summed E-state index contributed by atoms with van der Waals surface area (Å²) in [6, 6.07) is 7.99. The van der Waals surface area contributed by atoms with Gasteiger partial charge in [-0.05, 0) is 47.2 Å². The summed E-state index contributed by atoms with van der Waals surface area (Å²) in [4.78, 5) is 4.29. The van der Waals surface area contributed by atoms with E-state index in [1.54, 1.807) is 12.4 Å². The first-order valence-electron chi connectivity index (χ1n) is 8.80. The third kappa shape index (κ3) is 3.16. The first-order chi connectivity index (χ1) is 12.0. The van der Waals surface area contributed by atoms with Crippen LogP contribution in [0.1, 0.15) is 50.9 Å². The minimum atomic E-state index is -0.987. The maximum atomic E-state index is 14.5. The third-order valence-corrected chi connectivity index (χ3v) is 5.27. The van der Waals surface area contributed by atoms with E-state index in [0.29, 0.717) is 18.5 Å². The van der Waals surface area contributed by atoms with Gasteiger partial charge in [0.05, 0.1) is 6.20 Å². The van der Waals surface area contributed by atoms with Crippen LogP contribution in [0.4, 0.5) is 4.39 Å². The second-order valence-electron chi connectivity index (χ2n) is 6.83. The molecule has 0 saturated carbocycles. The minimum absolute atomic E-state index is 0.180. The Kier molecular flexibility index (Phi) is 4.86. The number of nitrogens with one attached hydrogen (secondary N) is 1. The number of aromatic amines is 1. The summed E-state index contributed by atoms with van der Waals surface area (Å²) in [5.41, 5.74) is 10.4. The summed E-state index contributed by atoms with van der Waals surface area (Å²) in [7, 11) is 0. The number of benzene rings is 1. The number of pyridine rings is 1. The Bertz CT molecular complexity index is 867. The highest BCUT2D eigenvalue weighted by molar-refractivity contribution is 5.92. The molecular formula is C20H25FN4. The van der Waals surface area contributed by atoms with Crippen molar-refractivity contribution >= 4 is 11.0 Å². The number of H-pyrrole nitrogens is 1. The number of aromatic nitrogens is 3. The van der Waals surface area contributed by atoms with Crippen LogP contribution in [-0.4, -0.2) is 21.7 Å². The summed E-state index contributed by atoms with van der Waals surface area (Å²) in [6.07, 6.45) is 3.87. The Morgan fingerprint density at radius 1 is 1.28 bits per heavy atom. The molecule has 0 spiro atoms. The van der Waals surface area contributed by atoms with Crippen molar-refractivity contribution < 1.29 is 4.39 Å². The monoisotopic (exact) mass is 340 g/mol. The van der Waals surface area contributed by atoms with Crippen molar-refractivity contribution in [3.63, 3.8) is 0 Å². The molecule has 25 heavy (non-hydrogen) atoms. The first-order valence-corrected chi connectivity index (χ1v) is 8.80. The molecule has 3 aromatic rings. The average molecular weight is 340 g/mol. The molecule has 2 unspecified atom stereocenters. The Labute approximate surface area is 147 Å². The average Bonchev–Trinajstić information content (AvgIpc) is 3.15. The second kappa shape index (κ2) is 6.92. The van der Waals surface area contributed by atoms with Gasteiger partial charge in [0, 0.05) is 23.5 Å². The fourth-order valence-electron chi connectivity index (χ4n) is 3.14. The van der Waals surface area contributed by atoms with E-state index < -0.39 is 6.17 Å². The third-order valence-electron chi connectivity index (χ3n) is 5.27. The van der Waals surface area contributed by atoms with E-state index in [9.17, 15) is 4.39 Å². The van der Waals surface area contributed by atoms with Gasteiger partial charge < -0.3 is 5.73 Å².